The predicted molar refractivity (Wildman–Crippen MR) is 103 cm³/mol. The predicted octanol–water partition coefficient (Wildman–Crippen LogP) is 2.33. The summed E-state index contributed by atoms with van der Waals surface area (Å²) in [6, 6.07) is 16.7. The van der Waals surface area contributed by atoms with Gasteiger partial charge in [0.15, 0.2) is 0 Å². The molecule has 0 atom stereocenters. The van der Waals surface area contributed by atoms with Gasteiger partial charge in [-0.1, -0.05) is 30.3 Å². The molecule has 1 heterocycles. The van der Waals surface area contributed by atoms with Crippen LogP contribution in [-0.4, -0.2) is 35.7 Å². The second-order valence-corrected chi connectivity index (χ2v) is 6.62. The van der Waals surface area contributed by atoms with Crippen LogP contribution in [0.1, 0.15) is 35.2 Å². The third-order valence-electron chi connectivity index (χ3n) is 4.63. The third-order valence-corrected chi connectivity index (χ3v) is 4.63. The summed E-state index contributed by atoms with van der Waals surface area (Å²) in [4.78, 5) is 39.4. The summed E-state index contributed by atoms with van der Waals surface area (Å²) in [5, 5.41) is 0. The van der Waals surface area contributed by atoms with Crippen LogP contribution in [0, 0.1) is 0 Å². The monoisotopic (exact) mass is 365 g/mol. The quantitative estimate of drug-likeness (QED) is 0.817. The van der Waals surface area contributed by atoms with Crippen molar-refractivity contribution >= 4 is 23.4 Å². The van der Waals surface area contributed by atoms with Crippen LogP contribution in [0.25, 0.3) is 0 Å². The van der Waals surface area contributed by atoms with Crippen LogP contribution in [0.5, 0.6) is 0 Å². The highest BCUT2D eigenvalue weighted by Gasteiger charge is 2.22. The van der Waals surface area contributed by atoms with E-state index in [9.17, 15) is 14.4 Å². The number of carbonyl (C=O) groups excluding carboxylic acids is 3. The van der Waals surface area contributed by atoms with E-state index in [1.807, 2.05) is 30.3 Å². The molecule has 0 unspecified atom stereocenters. The molecule has 6 nitrogen and oxygen atoms in total. The summed E-state index contributed by atoms with van der Waals surface area (Å²) in [6.07, 6.45) is 1.54. The molecule has 3 amide bonds. The minimum atomic E-state index is -0.441. The van der Waals surface area contributed by atoms with Crippen molar-refractivity contribution in [2.75, 3.05) is 18.0 Å². The van der Waals surface area contributed by atoms with Gasteiger partial charge in [-0.3, -0.25) is 14.4 Å². The van der Waals surface area contributed by atoms with Gasteiger partial charge in [0, 0.05) is 43.7 Å². The highest BCUT2D eigenvalue weighted by Crippen LogP contribution is 2.22. The van der Waals surface area contributed by atoms with E-state index in [1.165, 1.54) is 0 Å². The zero-order valence-electron chi connectivity index (χ0n) is 15.1. The lowest BCUT2D eigenvalue weighted by Gasteiger charge is -2.23. The molecule has 0 spiro atoms. The number of anilines is 1. The summed E-state index contributed by atoms with van der Waals surface area (Å²) in [5.41, 5.74) is 7.57. The van der Waals surface area contributed by atoms with Crippen LogP contribution in [0.4, 0.5) is 5.69 Å². The summed E-state index contributed by atoms with van der Waals surface area (Å²) in [6.45, 7) is 1.37. The zero-order valence-corrected chi connectivity index (χ0v) is 15.1. The average molecular weight is 365 g/mol. The number of nitrogens with two attached hydrogens (primary N) is 1. The number of amides is 3. The molecule has 6 heteroatoms. The van der Waals surface area contributed by atoms with Crippen molar-refractivity contribution in [2.24, 2.45) is 5.73 Å². The van der Waals surface area contributed by atoms with E-state index in [0.717, 1.165) is 17.7 Å². The maximum absolute atomic E-state index is 13.0. The van der Waals surface area contributed by atoms with E-state index in [0.29, 0.717) is 25.1 Å². The molecule has 0 saturated carbocycles. The highest BCUT2D eigenvalue weighted by molar-refractivity contribution is 5.97. The van der Waals surface area contributed by atoms with Gasteiger partial charge in [-0.15, -0.1) is 0 Å². The third kappa shape index (κ3) is 4.73. The minimum absolute atomic E-state index is 0.110. The van der Waals surface area contributed by atoms with Crippen molar-refractivity contribution < 1.29 is 14.4 Å². The summed E-state index contributed by atoms with van der Waals surface area (Å²) in [5.74, 6) is -0.496. The SMILES string of the molecule is NC(=O)CCN(Cc1ccccc1)C(=O)c1ccc(N2CCCC2=O)cc1. The average Bonchev–Trinajstić information content (AvgIpc) is 3.11. The fourth-order valence-corrected chi connectivity index (χ4v) is 3.19. The zero-order chi connectivity index (χ0) is 19.2. The Bertz CT molecular complexity index is 818. The maximum Gasteiger partial charge on any atom is 0.254 e. The van der Waals surface area contributed by atoms with Crippen molar-refractivity contribution in [1.82, 2.24) is 4.90 Å². The van der Waals surface area contributed by atoms with Crippen LogP contribution in [0.15, 0.2) is 54.6 Å². The largest absolute Gasteiger partial charge is 0.370 e. The molecule has 3 rings (SSSR count). The maximum atomic E-state index is 13.0. The lowest BCUT2D eigenvalue weighted by atomic mass is 10.1. The smallest absolute Gasteiger partial charge is 0.254 e. The molecular formula is C21H23N3O3. The van der Waals surface area contributed by atoms with Gasteiger partial charge in [0.2, 0.25) is 11.8 Å². The first-order chi connectivity index (χ1) is 13.0. The summed E-state index contributed by atoms with van der Waals surface area (Å²) < 4.78 is 0. The number of nitrogens with zero attached hydrogens (tertiary/aromatic N) is 2. The Morgan fingerprint density at radius 1 is 1.04 bits per heavy atom. The van der Waals surface area contributed by atoms with Gasteiger partial charge < -0.3 is 15.5 Å². The topological polar surface area (TPSA) is 83.7 Å². The van der Waals surface area contributed by atoms with E-state index in [4.69, 9.17) is 5.73 Å². The number of benzene rings is 2. The van der Waals surface area contributed by atoms with Gasteiger partial charge >= 0.3 is 0 Å². The molecule has 0 aromatic heterocycles. The summed E-state index contributed by atoms with van der Waals surface area (Å²) in [7, 11) is 0. The minimum Gasteiger partial charge on any atom is -0.370 e. The Morgan fingerprint density at radius 2 is 1.74 bits per heavy atom. The molecule has 1 saturated heterocycles. The van der Waals surface area contributed by atoms with Gasteiger partial charge in [0.25, 0.3) is 5.91 Å². The molecule has 0 radical (unpaired) electrons. The van der Waals surface area contributed by atoms with Crippen LogP contribution < -0.4 is 10.6 Å². The van der Waals surface area contributed by atoms with Gasteiger partial charge in [-0.25, -0.2) is 0 Å². The normalized spacial score (nSPS) is 13.6. The lowest BCUT2D eigenvalue weighted by Crippen LogP contribution is -2.33. The van der Waals surface area contributed by atoms with Gasteiger partial charge in [0.1, 0.15) is 0 Å². The molecule has 2 aromatic rings. The van der Waals surface area contributed by atoms with Crippen LogP contribution in [0.3, 0.4) is 0 Å². The molecule has 2 aromatic carbocycles. The number of carbonyl (C=O) groups is 3. The molecule has 0 bridgehead atoms. The summed E-state index contributed by atoms with van der Waals surface area (Å²) >= 11 is 0. The Labute approximate surface area is 158 Å². The first-order valence-corrected chi connectivity index (χ1v) is 9.06. The fourth-order valence-electron chi connectivity index (χ4n) is 3.19. The molecule has 2 N–H and O–H groups in total. The van der Waals surface area contributed by atoms with Crippen LogP contribution >= 0.6 is 0 Å². The Hall–Kier alpha value is -3.15. The standard InChI is InChI=1S/C21H23N3O3/c22-19(25)12-14-23(15-16-5-2-1-3-6-16)21(27)17-8-10-18(11-9-17)24-13-4-7-20(24)26/h1-3,5-6,8-11H,4,7,12-15H2,(H2,22,25). The lowest BCUT2D eigenvalue weighted by molar-refractivity contribution is -0.118. The number of rotatable bonds is 7. The molecule has 1 fully saturated rings. The van der Waals surface area contributed by atoms with Crippen molar-refractivity contribution in [3.8, 4) is 0 Å². The van der Waals surface area contributed by atoms with E-state index < -0.39 is 5.91 Å². The van der Waals surface area contributed by atoms with Crippen LogP contribution in [-0.2, 0) is 16.1 Å². The van der Waals surface area contributed by atoms with Gasteiger partial charge in [0.05, 0.1) is 0 Å². The Morgan fingerprint density at radius 3 is 2.33 bits per heavy atom. The van der Waals surface area contributed by atoms with E-state index in [2.05, 4.69) is 0 Å². The number of hydrogen-bond donors (Lipinski definition) is 1. The van der Waals surface area contributed by atoms with Crippen molar-refractivity contribution in [3.63, 3.8) is 0 Å². The van der Waals surface area contributed by atoms with Gasteiger partial charge in [-0.2, -0.15) is 0 Å². The fraction of sp³-hybridized carbons (Fsp3) is 0.286. The first-order valence-electron chi connectivity index (χ1n) is 9.06. The number of hydrogen-bond acceptors (Lipinski definition) is 3. The second kappa shape index (κ2) is 8.49. The van der Waals surface area contributed by atoms with Crippen LogP contribution in [0.2, 0.25) is 0 Å². The van der Waals surface area contributed by atoms with Crippen molar-refractivity contribution in [1.29, 1.82) is 0 Å². The molecule has 27 heavy (non-hydrogen) atoms. The molecule has 1 aliphatic heterocycles. The van der Waals surface area contributed by atoms with E-state index >= 15 is 0 Å². The first kappa shape index (κ1) is 18.6. The highest BCUT2D eigenvalue weighted by atomic mass is 16.2. The van der Waals surface area contributed by atoms with Crippen molar-refractivity contribution in [3.05, 3.63) is 65.7 Å². The number of primary amides is 1. The molecule has 1 aliphatic rings. The molecule has 140 valence electrons. The Balaban J connectivity index is 1.75. The Kier molecular flexibility index (Phi) is 5.86. The molecular weight excluding hydrogens is 342 g/mol. The second-order valence-electron chi connectivity index (χ2n) is 6.62. The van der Waals surface area contributed by atoms with Crippen molar-refractivity contribution in [2.45, 2.75) is 25.8 Å². The van der Waals surface area contributed by atoms with E-state index in [-0.39, 0.29) is 24.8 Å². The molecule has 0 aliphatic carbocycles. The van der Waals surface area contributed by atoms with E-state index in [1.54, 1.807) is 34.1 Å². The van der Waals surface area contributed by atoms with Gasteiger partial charge in [-0.05, 0) is 36.2 Å².